The summed E-state index contributed by atoms with van der Waals surface area (Å²) in [7, 11) is 0. The minimum Gasteiger partial charge on any atom is -0.482 e. The molecule has 2 aromatic rings. The maximum atomic E-state index is 13.2. The van der Waals surface area contributed by atoms with Gasteiger partial charge in [0.25, 0.3) is 5.91 Å². The van der Waals surface area contributed by atoms with Crippen LogP contribution in [-0.2, 0) is 4.79 Å². The molecular formula is C15H10BrClFNO2. The van der Waals surface area contributed by atoms with Gasteiger partial charge in [-0.25, -0.2) is 4.39 Å². The van der Waals surface area contributed by atoms with Crippen molar-refractivity contribution in [3.63, 3.8) is 0 Å². The van der Waals surface area contributed by atoms with E-state index in [1.54, 1.807) is 18.2 Å². The lowest BCUT2D eigenvalue weighted by atomic mass is 10.0. The number of halogens is 3. The van der Waals surface area contributed by atoms with Crippen LogP contribution in [0.25, 0.3) is 0 Å². The summed E-state index contributed by atoms with van der Waals surface area (Å²) < 4.78 is 18.5. The fraction of sp³-hybridized carbons (Fsp3) is 0.133. The van der Waals surface area contributed by atoms with Gasteiger partial charge < -0.3 is 10.1 Å². The first kappa shape index (κ1) is 14.4. The third-order valence-electron chi connectivity index (χ3n) is 3.17. The van der Waals surface area contributed by atoms with Gasteiger partial charge in [-0.1, -0.05) is 39.7 Å². The van der Waals surface area contributed by atoms with E-state index in [1.807, 2.05) is 12.1 Å². The van der Waals surface area contributed by atoms with E-state index in [0.717, 1.165) is 11.1 Å². The van der Waals surface area contributed by atoms with E-state index >= 15 is 0 Å². The molecule has 1 heterocycles. The van der Waals surface area contributed by atoms with Gasteiger partial charge in [0, 0.05) is 0 Å². The molecule has 0 aromatic heterocycles. The molecule has 21 heavy (non-hydrogen) atoms. The Morgan fingerprint density at radius 1 is 1.24 bits per heavy atom. The lowest BCUT2D eigenvalue weighted by Gasteiger charge is -2.20. The van der Waals surface area contributed by atoms with Gasteiger partial charge in [-0.3, -0.25) is 4.79 Å². The van der Waals surface area contributed by atoms with Gasteiger partial charge in [0.2, 0.25) is 0 Å². The van der Waals surface area contributed by atoms with Crippen molar-refractivity contribution in [3.05, 3.63) is 58.4 Å². The molecule has 6 heteroatoms. The molecule has 3 nitrogen and oxygen atoms in total. The minimum atomic E-state index is -0.453. The Kier molecular flexibility index (Phi) is 3.87. The fourth-order valence-corrected chi connectivity index (χ4v) is 2.88. The largest absolute Gasteiger partial charge is 0.482 e. The average molecular weight is 371 g/mol. The second kappa shape index (κ2) is 5.66. The third kappa shape index (κ3) is 2.89. The molecular weight excluding hydrogens is 361 g/mol. The smallest absolute Gasteiger partial charge is 0.262 e. The minimum absolute atomic E-state index is 0.0255. The molecule has 1 N–H and O–H groups in total. The summed E-state index contributed by atoms with van der Waals surface area (Å²) in [4.78, 5) is 11.2. The summed E-state index contributed by atoms with van der Waals surface area (Å²) in [6.07, 6.45) is 0. The number of hydrogen-bond donors (Lipinski definition) is 1. The Balaban J connectivity index is 1.94. The number of carbonyl (C=O) groups is 1. The first-order valence-corrected chi connectivity index (χ1v) is 7.49. The highest BCUT2D eigenvalue weighted by Crippen LogP contribution is 2.37. The molecule has 3 rings (SSSR count). The van der Waals surface area contributed by atoms with Crippen LogP contribution < -0.4 is 10.1 Å². The van der Waals surface area contributed by atoms with Gasteiger partial charge in [-0.05, 0) is 35.4 Å². The summed E-state index contributed by atoms with van der Waals surface area (Å²) in [6, 6.07) is 10.1. The van der Waals surface area contributed by atoms with E-state index < -0.39 is 5.82 Å². The zero-order chi connectivity index (χ0) is 15.0. The monoisotopic (exact) mass is 369 g/mol. The lowest BCUT2D eigenvalue weighted by Crippen LogP contribution is -2.25. The van der Waals surface area contributed by atoms with Gasteiger partial charge in [0.1, 0.15) is 11.6 Å². The fourth-order valence-electron chi connectivity index (χ4n) is 2.12. The van der Waals surface area contributed by atoms with Crippen LogP contribution in [0.3, 0.4) is 0 Å². The van der Waals surface area contributed by atoms with Crippen LogP contribution in [0.2, 0.25) is 5.02 Å². The number of anilines is 1. The van der Waals surface area contributed by atoms with Gasteiger partial charge in [0.15, 0.2) is 6.61 Å². The number of hydrogen-bond acceptors (Lipinski definition) is 2. The number of rotatable bonds is 2. The summed E-state index contributed by atoms with van der Waals surface area (Å²) in [5.41, 5.74) is 2.35. The standard InChI is InChI=1S/C15H10BrClFNO2/c16-15(8-1-3-11(18)10(17)5-8)9-2-4-13-12(6-9)19-14(20)7-21-13/h1-6,15H,7H2,(H,19,20). The van der Waals surface area contributed by atoms with Gasteiger partial charge in [-0.15, -0.1) is 0 Å². The third-order valence-corrected chi connectivity index (χ3v) is 4.51. The number of carbonyl (C=O) groups excluding carboxylic acids is 1. The molecule has 1 amide bonds. The molecule has 0 aliphatic carbocycles. The Bertz CT molecular complexity index is 723. The first-order valence-electron chi connectivity index (χ1n) is 6.20. The summed E-state index contributed by atoms with van der Waals surface area (Å²) >= 11 is 9.37. The summed E-state index contributed by atoms with van der Waals surface area (Å²) in [5.74, 6) is -0.00277. The zero-order valence-corrected chi connectivity index (χ0v) is 13.0. The molecule has 1 atom stereocenters. The van der Waals surface area contributed by atoms with Crippen molar-refractivity contribution in [2.75, 3.05) is 11.9 Å². The van der Waals surface area contributed by atoms with Gasteiger partial charge in [-0.2, -0.15) is 0 Å². The summed E-state index contributed by atoms with van der Waals surface area (Å²) in [6.45, 7) is 0.0255. The molecule has 1 aliphatic rings. The topological polar surface area (TPSA) is 38.3 Å². The highest BCUT2D eigenvalue weighted by molar-refractivity contribution is 9.09. The maximum absolute atomic E-state index is 13.2. The number of alkyl halides is 1. The zero-order valence-electron chi connectivity index (χ0n) is 10.7. The van der Waals surface area contributed by atoms with Gasteiger partial charge in [0.05, 0.1) is 15.5 Å². The molecule has 108 valence electrons. The SMILES string of the molecule is O=C1COc2ccc(C(Br)c3ccc(F)c(Cl)c3)cc2N1. The quantitative estimate of drug-likeness (QED) is 0.801. The molecule has 0 saturated carbocycles. The second-order valence-electron chi connectivity index (χ2n) is 4.63. The predicted octanol–water partition coefficient (Wildman–Crippen LogP) is 4.29. The van der Waals surface area contributed by atoms with Crippen LogP contribution >= 0.6 is 27.5 Å². The van der Waals surface area contributed by atoms with E-state index in [-0.39, 0.29) is 22.4 Å². The molecule has 0 bridgehead atoms. The number of benzene rings is 2. The Labute approximate surface area is 134 Å². The molecule has 0 spiro atoms. The number of ether oxygens (including phenoxy) is 1. The molecule has 1 aliphatic heterocycles. The highest BCUT2D eigenvalue weighted by Gasteiger charge is 2.19. The van der Waals surface area contributed by atoms with Crippen molar-refractivity contribution in [2.24, 2.45) is 0 Å². The number of nitrogens with one attached hydrogen (secondary N) is 1. The molecule has 0 fully saturated rings. The normalized spacial score (nSPS) is 14.9. The maximum Gasteiger partial charge on any atom is 0.262 e. The Morgan fingerprint density at radius 2 is 1.95 bits per heavy atom. The van der Waals surface area contributed by atoms with Crippen molar-refractivity contribution in [1.82, 2.24) is 0 Å². The molecule has 1 unspecified atom stereocenters. The van der Waals surface area contributed by atoms with Crippen molar-refractivity contribution >= 4 is 39.1 Å². The van der Waals surface area contributed by atoms with Gasteiger partial charge >= 0.3 is 0 Å². The highest BCUT2D eigenvalue weighted by atomic mass is 79.9. The van der Waals surface area contributed by atoms with Crippen LogP contribution in [0.15, 0.2) is 36.4 Å². The predicted molar refractivity (Wildman–Crippen MR) is 82.7 cm³/mol. The summed E-state index contributed by atoms with van der Waals surface area (Å²) in [5, 5.41) is 2.83. The molecule has 0 saturated heterocycles. The van der Waals surface area contributed by atoms with E-state index in [9.17, 15) is 9.18 Å². The van der Waals surface area contributed by atoms with Crippen molar-refractivity contribution in [2.45, 2.75) is 4.83 Å². The Morgan fingerprint density at radius 3 is 2.71 bits per heavy atom. The van der Waals surface area contributed by atoms with E-state index in [1.165, 1.54) is 6.07 Å². The molecule has 0 radical (unpaired) electrons. The van der Waals surface area contributed by atoms with Crippen LogP contribution in [-0.4, -0.2) is 12.5 Å². The van der Waals surface area contributed by atoms with E-state index in [4.69, 9.17) is 16.3 Å². The van der Waals surface area contributed by atoms with Crippen LogP contribution in [0.5, 0.6) is 5.75 Å². The average Bonchev–Trinajstić information content (AvgIpc) is 2.48. The van der Waals surface area contributed by atoms with Crippen LogP contribution in [0.1, 0.15) is 16.0 Å². The van der Waals surface area contributed by atoms with Crippen LogP contribution in [0, 0.1) is 5.82 Å². The van der Waals surface area contributed by atoms with Crippen molar-refractivity contribution in [3.8, 4) is 5.75 Å². The molecule has 2 aromatic carbocycles. The number of amides is 1. The Hall–Kier alpha value is -1.59. The van der Waals surface area contributed by atoms with E-state index in [2.05, 4.69) is 21.2 Å². The first-order chi connectivity index (χ1) is 10.0. The van der Waals surface area contributed by atoms with E-state index in [0.29, 0.717) is 11.4 Å². The number of fused-ring (bicyclic) bond motifs is 1. The van der Waals surface area contributed by atoms with Crippen LogP contribution in [0.4, 0.5) is 10.1 Å². The van der Waals surface area contributed by atoms with Crippen molar-refractivity contribution in [1.29, 1.82) is 0 Å². The second-order valence-corrected chi connectivity index (χ2v) is 5.95. The lowest BCUT2D eigenvalue weighted by molar-refractivity contribution is -0.118. The van der Waals surface area contributed by atoms with Crippen molar-refractivity contribution < 1.29 is 13.9 Å².